The highest BCUT2D eigenvalue weighted by molar-refractivity contribution is 5.76. The van der Waals surface area contributed by atoms with E-state index >= 15 is 0 Å². The average molecular weight is 1290 g/mol. The SMILES string of the molecule is CCCCCCCCCCCCCCCCCCCCCCCCC/C=C/CC/C=C/CC/C=C/C(O)C(COC1OC(CO)C(OC2OC(CO)C(OC3OC(CO)C(O)C(O)C3O)C(O)C2O)C(O)C1O)NC(=O)CCCCCCCCCCCCCC. The molecule has 0 bridgehead atoms. The smallest absolute Gasteiger partial charge is 0.220 e. The van der Waals surface area contributed by atoms with E-state index in [2.05, 4.69) is 43.5 Å². The fourth-order valence-corrected chi connectivity index (χ4v) is 12.3. The molecule has 3 heterocycles. The van der Waals surface area contributed by atoms with Crippen LogP contribution in [0, 0.1) is 0 Å². The van der Waals surface area contributed by atoms with Crippen molar-refractivity contribution in [2.24, 2.45) is 0 Å². The molecule has 0 spiro atoms. The van der Waals surface area contributed by atoms with Crippen LogP contribution in [0.3, 0.4) is 0 Å². The summed E-state index contributed by atoms with van der Waals surface area (Å²) >= 11 is 0. The molecule has 0 aromatic carbocycles. The summed E-state index contributed by atoms with van der Waals surface area (Å²) in [6, 6.07) is -0.993. The van der Waals surface area contributed by atoms with Crippen LogP contribution in [-0.4, -0.2) is 193 Å². The van der Waals surface area contributed by atoms with Gasteiger partial charge in [0, 0.05) is 6.42 Å². The zero-order chi connectivity index (χ0) is 65.4. The molecule has 1 amide bonds. The zero-order valence-electron chi connectivity index (χ0n) is 55.9. The molecule has 0 aromatic rings. The predicted molar refractivity (Wildman–Crippen MR) is 351 cm³/mol. The maximum atomic E-state index is 13.3. The molecule has 0 radical (unpaired) electrons. The summed E-state index contributed by atoms with van der Waals surface area (Å²) in [6.45, 7) is 1.71. The van der Waals surface area contributed by atoms with E-state index in [1.165, 1.54) is 199 Å². The summed E-state index contributed by atoms with van der Waals surface area (Å²) in [5.41, 5.74) is 0. The minimum Gasteiger partial charge on any atom is -0.394 e. The second-order valence-electron chi connectivity index (χ2n) is 26.0. The number of allylic oxidation sites excluding steroid dienone is 5. The quantitative estimate of drug-likeness (QED) is 0.0199. The molecule has 528 valence electrons. The number of hydrogen-bond acceptors (Lipinski definition) is 18. The Morgan fingerprint density at radius 2 is 0.711 bits per heavy atom. The number of ether oxygens (including phenoxy) is 6. The number of rotatable bonds is 56. The van der Waals surface area contributed by atoms with Crippen molar-refractivity contribution in [3.05, 3.63) is 36.5 Å². The van der Waals surface area contributed by atoms with Crippen LogP contribution < -0.4 is 5.32 Å². The van der Waals surface area contributed by atoms with Crippen LogP contribution in [0.25, 0.3) is 0 Å². The van der Waals surface area contributed by atoms with E-state index < -0.39 is 124 Å². The average Bonchev–Trinajstić information content (AvgIpc) is 0.820. The van der Waals surface area contributed by atoms with Crippen molar-refractivity contribution in [2.75, 3.05) is 26.4 Å². The Morgan fingerprint density at radius 3 is 1.11 bits per heavy atom. The lowest BCUT2D eigenvalue weighted by Crippen LogP contribution is -2.66. The van der Waals surface area contributed by atoms with E-state index in [9.17, 15) is 61.0 Å². The van der Waals surface area contributed by atoms with Crippen molar-refractivity contribution in [3.63, 3.8) is 0 Å². The van der Waals surface area contributed by atoms with Gasteiger partial charge in [0.15, 0.2) is 18.9 Å². The van der Waals surface area contributed by atoms with Gasteiger partial charge in [-0.05, 0) is 44.9 Å². The van der Waals surface area contributed by atoms with Gasteiger partial charge in [0.05, 0.1) is 38.6 Å². The van der Waals surface area contributed by atoms with Gasteiger partial charge in [0.2, 0.25) is 5.91 Å². The van der Waals surface area contributed by atoms with E-state index in [1.807, 2.05) is 6.08 Å². The van der Waals surface area contributed by atoms with Crippen molar-refractivity contribution in [1.29, 1.82) is 0 Å². The van der Waals surface area contributed by atoms with Gasteiger partial charge in [-0.25, -0.2) is 0 Å². The standard InChI is InChI=1S/C71H131NO18/c1-3-5-7-9-11-13-15-17-18-19-20-21-22-23-24-25-26-27-28-29-30-31-32-33-34-35-36-37-38-40-42-44-46-48-55(76)54(72-59(77)49-47-45-43-41-39-16-14-12-10-8-6-4-2)53-85-69-65(83)62(80)67(57(51-74)87-69)90-71-66(84)63(81)68(58(52-75)88-71)89-70-64(82)61(79)60(78)56(50-73)86-70/h34-35,38,40,46,48,54-58,60-71,73-76,78-84H,3-33,36-37,39,41-45,47,49-53H2,1-2H3,(H,72,77)/b35-34+,40-38+,48-46+. The van der Waals surface area contributed by atoms with Gasteiger partial charge >= 0.3 is 0 Å². The van der Waals surface area contributed by atoms with Crippen LogP contribution in [0.4, 0.5) is 0 Å². The zero-order valence-corrected chi connectivity index (χ0v) is 55.9. The van der Waals surface area contributed by atoms with Crippen molar-refractivity contribution in [2.45, 2.75) is 381 Å². The van der Waals surface area contributed by atoms with Gasteiger partial charge in [0.25, 0.3) is 0 Å². The van der Waals surface area contributed by atoms with E-state index in [-0.39, 0.29) is 18.9 Å². The highest BCUT2D eigenvalue weighted by Crippen LogP contribution is 2.33. The monoisotopic (exact) mass is 1290 g/mol. The number of aliphatic hydroxyl groups excluding tert-OH is 11. The van der Waals surface area contributed by atoms with Gasteiger partial charge < -0.3 is 89.9 Å². The van der Waals surface area contributed by atoms with Gasteiger partial charge in [-0.1, -0.05) is 262 Å². The Hall–Kier alpha value is -1.99. The lowest BCUT2D eigenvalue weighted by atomic mass is 9.96. The van der Waals surface area contributed by atoms with Gasteiger partial charge in [-0.15, -0.1) is 0 Å². The molecule has 3 fully saturated rings. The van der Waals surface area contributed by atoms with Gasteiger partial charge in [-0.2, -0.15) is 0 Å². The molecule has 3 aliphatic heterocycles. The number of carbonyl (C=O) groups excluding carboxylic acids is 1. The van der Waals surface area contributed by atoms with Crippen LogP contribution in [-0.2, 0) is 33.2 Å². The van der Waals surface area contributed by atoms with E-state index in [1.54, 1.807) is 6.08 Å². The first kappa shape index (κ1) is 82.2. The topological polar surface area (TPSA) is 307 Å². The van der Waals surface area contributed by atoms with Crippen LogP contribution in [0.5, 0.6) is 0 Å². The summed E-state index contributed by atoms with van der Waals surface area (Å²) in [5.74, 6) is -0.289. The van der Waals surface area contributed by atoms with Crippen molar-refractivity contribution in [3.8, 4) is 0 Å². The van der Waals surface area contributed by atoms with E-state index in [0.717, 1.165) is 44.9 Å². The normalized spacial score (nSPS) is 28.2. The Morgan fingerprint density at radius 1 is 0.389 bits per heavy atom. The van der Waals surface area contributed by atoms with Gasteiger partial charge in [0.1, 0.15) is 73.2 Å². The third kappa shape index (κ3) is 34.6. The highest BCUT2D eigenvalue weighted by atomic mass is 16.8. The molecule has 19 heteroatoms. The summed E-state index contributed by atoms with van der Waals surface area (Å²) in [7, 11) is 0. The minimum absolute atomic E-state index is 0.235. The molecule has 0 aromatic heterocycles. The molecular formula is C71H131NO18. The molecular weight excluding hydrogens is 1150 g/mol. The molecule has 3 aliphatic rings. The predicted octanol–water partition coefficient (Wildman–Crippen LogP) is 10.00. The largest absolute Gasteiger partial charge is 0.394 e. The summed E-state index contributed by atoms with van der Waals surface area (Å²) in [6.07, 6.45) is 35.9. The molecule has 0 aliphatic carbocycles. The number of hydrogen-bond donors (Lipinski definition) is 12. The van der Waals surface area contributed by atoms with Crippen LogP contribution >= 0.6 is 0 Å². The third-order valence-corrected chi connectivity index (χ3v) is 18.2. The second-order valence-corrected chi connectivity index (χ2v) is 26.0. The maximum Gasteiger partial charge on any atom is 0.220 e. The summed E-state index contributed by atoms with van der Waals surface area (Å²) in [5, 5.41) is 120. The Labute approximate surface area is 542 Å². The molecule has 17 atom stereocenters. The van der Waals surface area contributed by atoms with Crippen molar-refractivity contribution < 1.29 is 89.4 Å². The minimum atomic E-state index is -1.98. The maximum absolute atomic E-state index is 13.3. The number of aliphatic hydroxyl groups is 11. The molecule has 3 rings (SSSR count). The Kier molecular flexibility index (Phi) is 48.6. The fraction of sp³-hybridized carbons (Fsp3) is 0.901. The van der Waals surface area contributed by atoms with E-state index in [4.69, 9.17) is 28.4 Å². The fourth-order valence-electron chi connectivity index (χ4n) is 12.3. The first-order valence-electron chi connectivity index (χ1n) is 36.2. The lowest BCUT2D eigenvalue weighted by molar-refractivity contribution is -0.379. The van der Waals surface area contributed by atoms with Crippen LogP contribution in [0.1, 0.15) is 277 Å². The molecule has 3 saturated heterocycles. The van der Waals surface area contributed by atoms with Crippen molar-refractivity contribution in [1.82, 2.24) is 5.32 Å². The summed E-state index contributed by atoms with van der Waals surface area (Å²) < 4.78 is 34.3. The Balaban J connectivity index is 1.38. The first-order chi connectivity index (χ1) is 43.8. The van der Waals surface area contributed by atoms with Crippen LogP contribution in [0.15, 0.2) is 36.5 Å². The molecule has 0 saturated carbocycles. The molecule has 90 heavy (non-hydrogen) atoms. The number of nitrogens with one attached hydrogen (secondary N) is 1. The third-order valence-electron chi connectivity index (χ3n) is 18.2. The number of carbonyl (C=O) groups is 1. The molecule has 12 N–H and O–H groups in total. The number of unbranched alkanes of at least 4 members (excludes halogenated alkanes) is 36. The van der Waals surface area contributed by atoms with Crippen molar-refractivity contribution >= 4 is 5.91 Å². The highest BCUT2D eigenvalue weighted by Gasteiger charge is 2.53. The second kappa shape index (κ2) is 53.2. The van der Waals surface area contributed by atoms with E-state index in [0.29, 0.717) is 12.8 Å². The first-order valence-corrected chi connectivity index (χ1v) is 36.2. The Bertz CT molecular complexity index is 1780. The molecule has 17 unspecified atom stereocenters. The molecule has 19 nitrogen and oxygen atoms in total. The summed E-state index contributed by atoms with van der Waals surface area (Å²) in [4.78, 5) is 13.3. The van der Waals surface area contributed by atoms with Crippen LogP contribution in [0.2, 0.25) is 0 Å². The lowest BCUT2D eigenvalue weighted by Gasteiger charge is -2.48. The van der Waals surface area contributed by atoms with Gasteiger partial charge in [-0.3, -0.25) is 4.79 Å². The number of amides is 1.